The number of aldehydes is 1. The molecule has 0 rings (SSSR count). The molecule has 0 spiro atoms. The van der Waals surface area contributed by atoms with Crippen molar-refractivity contribution in [3.05, 3.63) is 0 Å². The van der Waals surface area contributed by atoms with Crippen LogP contribution in [-0.4, -0.2) is 57.7 Å². The molecule has 0 aromatic carbocycles. The number of aliphatic hydroxyl groups excluding tert-OH is 4. The minimum absolute atomic E-state index is 0. The topological polar surface area (TPSA) is 124 Å². The Morgan fingerprint density at radius 2 is 1.69 bits per heavy atom. The van der Waals surface area contributed by atoms with Crippen LogP contribution in [0, 0.1) is 0 Å². The highest BCUT2D eigenvalue weighted by Crippen LogP contribution is 2.01. The molecule has 80 valence electrons. The first-order chi connectivity index (χ1) is 5.54. The Bertz CT molecular complexity index is 147. The molecule has 0 amide bonds. The van der Waals surface area contributed by atoms with Crippen LogP contribution >= 0.6 is 12.4 Å². The Morgan fingerprint density at radius 3 is 2.00 bits per heavy atom. The highest BCUT2D eigenvalue weighted by Gasteiger charge is 2.28. The summed E-state index contributed by atoms with van der Waals surface area (Å²) in [5, 5.41) is 35.2. The Labute approximate surface area is 81.4 Å². The van der Waals surface area contributed by atoms with E-state index in [2.05, 4.69) is 0 Å². The molecule has 6 nitrogen and oxygen atoms in total. The van der Waals surface area contributed by atoms with Gasteiger partial charge in [0.25, 0.3) is 0 Å². The van der Waals surface area contributed by atoms with E-state index in [-0.39, 0.29) is 18.7 Å². The normalized spacial score (nSPS) is 19.5. The maximum atomic E-state index is 10.0. The van der Waals surface area contributed by atoms with Crippen LogP contribution in [0.25, 0.3) is 0 Å². The molecule has 0 aliphatic carbocycles. The number of nitrogens with two attached hydrogens (primary N) is 1. The highest BCUT2D eigenvalue weighted by atomic mass is 35.5. The largest absolute Gasteiger partial charge is 0.394 e. The van der Waals surface area contributed by atoms with Crippen molar-refractivity contribution in [2.24, 2.45) is 5.73 Å². The monoisotopic (exact) mass is 215 g/mol. The van der Waals surface area contributed by atoms with E-state index in [0.717, 1.165) is 0 Å². The van der Waals surface area contributed by atoms with Crippen LogP contribution in [0.4, 0.5) is 0 Å². The minimum atomic E-state index is -1.62. The number of hydrogen-bond donors (Lipinski definition) is 5. The van der Waals surface area contributed by atoms with Gasteiger partial charge in [-0.1, -0.05) is 0 Å². The lowest BCUT2D eigenvalue weighted by Crippen LogP contribution is -2.49. The van der Waals surface area contributed by atoms with Crippen molar-refractivity contribution < 1.29 is 25.2 Å². The molecule has 6 N–H and O–H groups in total. The van der Waals surface area contributed by atoms with Crippen LogP contribution < -0.4 is 5.73 Å². The number of halogens is 1. The number of rotatable bonds is 5. The average Bonchev–Trinajstić information content (AvgIpc) is 2.12. The van der Waals surface area contributed by atoms with Gasteiger partial charge >= 0.3 is 0 Å². The molecule has 0 aliphatic heterocycles. The van der Waals surface area contributed by atoms with Crippen LogP contribution in [-0.2, 0) is 4.79 Å². The second-order valence-electron chi connectivity index (χ2n) is 2.44. The van der Waals surface area contributed by atoms with E-state index in [1.807, 2.05) is 0 Å². The van der Waals surface area contributed by atoms with E-state index in [4.69, 9.17) is 26.2 Å². The molecule has 0 saturated carbocycles. The molecule has 0 heterocycles. The quantitative estimate of drug-likeness (QED) is 0.312. The van der Waals surface area contributed by atoms with Crippen molar-refractivity contribution in [1.29, 1.82) is 0 Å². The molecular formula is C6H14ClNO5. The molecule has 0 aromatic heterocycles. The van der Waals surface area contributed by atoms with Crippen LogP contribution in [0.5, 0.6) is 0 Å². The Morgan fingerprint density at radius 1 is 1.23 bits per heavy atom. The molecule has 0 aromatic rings. The lowest BCUT2D eigenvalue weighted by Gasteiger charge is -2.23. The van der Waals surface area contributed by atoms with Crippen molar-refractivity contribution >= 4 is 18.7 Å². The van der Waals surface area contributed by atoms with Gasteiger partial charge in [-0.3, -0.25) is 0 Å². The molecule has 0 unspecified atom stereocenters. The predicted octanol–water partition coefficient (Wildman–Crippen LogP) is -2.99. The van der Waals surface area contributed by atoms with E-state index in [0.29, 0.717) is 0 Å². The molecule has 0 fully saturated rings. The molecule has 13 heavy (non-hydrogen) atoms. The van der Waals surface area contributed by atoms with Crippen molar-refractivity contribution in [2.75, 3.05) is 6.61 Å². The van der Waals surface area contributed by atoms with Crippen molar-refractivity contribution in [3.63, 3.8) is 0 Å². The zero-order valence-electron chi connectivity index (χ0n) is 6.78. The third-order valence-corrected chi connectivity index (χ3v) is 1.48. The smallest absolute Gasteiger partial charge is 0.139 e. The average molecular weight is 216 g/mol. The fourth-order valence-electron chi connectivity index (χ4n) is 0.644. The number of hydrogen-bond acceptors (Lipinski definition) is 6. The van der Waals surface area contributed by atoms with Crippen molar-refractivity contribution in [1.82, 2.24) is 0 Å². The lowest BCUT2D eigenvalue weighted by atomic mass is 10.0. The summed E-state index contributed by atoms with van der Waals surface area (Å²) in [6.07, 6.45) is -4.43. The van der Waals surface area contributed by atoms with Gasteiger partial charge in [0.05, 0.1) is 12.6 Å². The summed E-state index contributed by atoms with van der Waals surface area (Å²) < 4.78 is 0. The van der Waals surface area contributed by atoms with E-state index in [9.17, 15) is 4.79 Å². The van der Waals surface area contributed by atoms with E-state index >= 15 is 0 Å². The van der Waals surface area contributed by atoms with Gasteiger partial charge in [-0.15, -0.1) is 12.4 Å². The highest BCUT2D eigenvalue weighted by molar-refractivity contribution is 5.85. The zero-order valence-corrected chi connectivity index (χ0v) is 7.59. The first-order valence-corrected chi connectivity index (χ1v) is 3.40. The van der Waals surface area contributed by atoms with E-state index in [1.54, 1.807) is 0 Å². The molecule has 0 saturated heterocycles. The van der Waals surface area contributed by atoms with Crippen molar-refractivity contribution in [3.8, 4) is 0 Å². The summed E-state index contributed by atoms with van der Waals surface area (Å²) in [4.78, 5) is 10.0. The summed E-state index contributed by atoms with van der Waals surface area (Å²) >= 11 is 0. The zero-order chi connectivity index (χ0) is 9.72. The predicted molar refractivity (Wildman–Crippen MR) is 46.4 cm³/mol. The van der Waals surface area contributed by atoms with Gasteiger partial charge in [0, 0.05) is 0 Å². The summed E-state index contributed by atoms with van der Waals surface area (Å²) in [6, 6.07) is -1.26. The minimum Gasteiger partial charge on any atom is -0.394 e. The standard InChI is InChI=1S/C6H13NO5.ClH/c7-3(1-8)5(11)6(12)4(10)2-9;/h1,3-6,9-12H,2,7H2;1H/t3-,4-,5-,6-;/m0./s1. The molecule has 0 aliphatic rings. The van der Waals surface area contributed by atoms with Crippen LogP contribution in [0.15, 0.2) is 0 Å². The fourth-order valence-corrected chi connectivity index (χ4v) is 0.644. The van der Waals surface area contributed by atoms with Crippen LogP contribution in [0.3, 0.4) is 0 Å². The first kappa shape index (κ1) is 15.2. The van der Waals surface area contributed by atoms with Gasteiger partial charge in [0.2, 0.25) is 0 Å². The maximum Gasteiger partial charge on any atom is 0.139 e. The molecule has 0 radical (unpaired) electrons. The maximum absolute atomic E-state index is 10.0. The number of carbonyl (C=O) groups excluding carboxylic acids is 1. The van der Waals surface area contributed by atoms with E-state index in [1.165, 1.54) is 0 Å². The third-order valence-electron chi connectivity index (χ3n) is 1.48. The van der Waals surface area contributed by atoms with Crippen LogP contribution in [0.2, 0.25) is 0 Å². The number of aliphatic hydroxyl groups is 4. The summed E-state index contributed by atoms with van der Waals surface area (Å²) in [5.41, 5.74) is 5.04. The third kappa shape index (κ3) is 4.51. The molecular weight excluding hydrogens is 202 g/mol. The number of carbonyl (C=O) groups is 1. The first-order valence-electron chi connectivity index (χ1n) is 3.40. The van der Waals surface area contributed by atoms with Gasteiger partial charge < -0.3 is 31.0 Å². The molecule has 7 heteroatoms. The Hall–Kier alpha value is -0.240. The Balaban J connectivity index is 0. The van der Waals surface area contributed by atoms with E-state index < -0.39 is 31.0 Å². The Kier molecular flexibility index (Phi) is 8.43. The van der Waals surface area contributed by atoms with Gasteiger partial charge in [-0.2, -0.15) is 0 Å². The van der Waals surface area contributed by atoms with Gasteiger partial charge in [-0.05, 0) is 0 Å². The van der Waals surface area contributed by atoms with Gasteiger partial charge in [0.1, 0.15) is 24.6 Å². The fraction of sp³-hybridized carbons (Fsp3) is 0.833. The molecule has 0 bridgehead atoms. The second kappa shape index (κ2) is 7.19. The summed E-state index contributed by atoms with van der Waals surface area (Å²) in [6.45, 7) is -0.705. The second-order valence-corrected chi connectivity index (χ2v) is 2.44. The van der Waals surface area contributed by atoms with Crippen molar-refractivity contribution in [2.45, 2.75) is 24.4 Å². The van der Waals surface area contributed by atoms with Crippen LogP contribution in [0.1, 0.15) is 0 Å². The molecule has 4 atom stereocenters. The summed E-state index contributed by atoms with van der Waals surface area (Å²) in [7, 11) is 0. The summed E-state index contributed by atoms with van der Waals surface area (Å²) in [5.74, 6) is 0. The van der Waals surface area contributed by atoms with Gasteiger partial charge in [0.15, 0.2) is 0 Å². The lowest BCUT2D eigenvalue weighted by molar-refractivity contribution is -0.118. The van der Waals surface area contributed by atoms with Gasteiger partial charge in [-0.25, -0.2) is 0 Å². The SMILES string of the molecule is Cl.N[C@@H](C=O)[C@H](O)[C@@H](O)[C@@H](O)CO.